The topological polar surface area (TPSA) is 84.9 Å². The highest BCUT2D eigenvalue weighted by atomic mass is 19.1. The van der Waals surface area contributed by atoms with Crippen molar-refractivity contribution in [3.8, 4) is 5.75 Å². The molecule has 0 bridgehead atoms. The van der Waals surface area contributed by atoms with E-state index in [1.807, 2.05) is 13.8 Å². The Hall–Kier alpha value is -3.26. The van der Waals surface area contributed by atoms with Gasteiger partial charge in [-0.05, 0) is 50.6 Å². The number of imide groups is 1. The van der Waals surface area contributed by atoms with Crippen LogP contribution in [0.15, 0.2) is 48.5 Å². The van der Waals surface area contributed by atoms with Crippen LogP contribution in [0.4, 0.5) is 10.1 Å². The normalized spacial score (nSPS) is 26.0. The molecule has 2 aliphatic rings. The number of hydrogen-bond acceptors (Lipinski definition) is 6. The molecule has 8 heteroatoms. The summed E-state index contributed by atoms with van der Waals surface area (Å²) in [6.07, 6.45) is 0.831. The van der Waals surface area contributed by atoms with Crippen LogP contribution in [0.3, 0.4) is 0 Å². The van der Waals surface area contributed by atoms with Crippen molar-refractivity contribution >= 4 is 23.5 Å². The molecule has 2 amide bonds. The molecule has 0 unspecified atom stereocenters. The molecule has 0 saturated carbocycles. The molecule has 0 aliphatic carbocycles. The largest absolute Gasteiger partial charge is 0.494 e. The lowest BCUT2D eigenvalue weighted by Crippen LogP contribution is -2.56. The Morgan fingerprint density at radius 2 is 1.74 bits per heavy atom. The van der Waals surface area contributed by atoms with Crippen LogP contribution in [0.1, 0.15) is 45.2 Å². The van der Waals surface area contributed by atoms with Crippen LogP contribution in [-0.2, 0) is 19.1 Å². The summed E-state index contributed by atoms with van der Waals surface area (Å²) < 4.78 is 25.7. The summed E-state index contributed by atoms with van der Waals surface area (Å²) in [5, 5.41) is 3.20. The first-order valence-electron chi connectivity index (χ1n) is 11.7. The molecule has 2 fully saturated rings. The number of carbonyl (C=O) groups is 3. The molecule has 7 nitrogen and oxygen atoms in total. The van der Waals surface area contributed by atoms with Gasteiger partial charge in [-0.3, -0.25) is 19.7 Å². The number of nitrogens with zero attached hydrogens (tertiary/aromatic N) is 1. The van der Waals surface area contributed by atoms with Gasteiger partial charge < -0.3 is 9.47 Å². The van der Waals surface area contributed by atoms with E-state index in [-0.39, 0.29) is 18.6 Å². The average molecular weight is 469 g/mol. The summed E-state index contributed by atoms with van der Waals surface area (Å²) in [6.45, 7) is 6.05. The van der Waals surface area contributed by atoms with Gasteiger partial charge in [0, 0.05) is 11.6 Å². The molecule has 0 radical (unpaired) electrons. The van der Waals surface area contributed by atoms with Crippen molar-refractivity contribution in [2.45, 2.75) is 45.2 Å². The summed E-state index contributed by atoms with van der Waals surface area (Å²) in [7, 11) is 0. The Labute approximate surface area is 198 Å². The molecule has 2 heterocycles. The van der Waals surface area contributed by atoms with E-state index >= 15 is 0 Å². The van der Waals surface area contributed by atoms with Gasteiger partial charge in [0.15, 0.2) is 0 Å². The molecule has 0 aromatic heterocycles. The Balaban J connectivity index is 1.83. The third-order valence-electron chi connectivity index (χ3n) is 6.58. The second-order valence-electron chi connectivity index (χ2n) is 8.53. The zero-order chi connectivity index (χ0) is 24.5. The van der Waals surface area contributed by atoms with E-state index in [4.69, 9.17) is 9.47 Å². The van der Waals surface area contributed by atoms with Crippen molar-refractivity contribution in [3.05, 3.63) is 59.9 Å². The van der Waals surface area contributed by atoms with Gasteiger partial charge in [0.05, 0.1) is 30.7 Å². The minimum atomic E-state index is -1.44. The van der Waals surface area contributed by atoms with Crippen LogP contribution >= 0.6 is 0 Å². The van der Waals surface area contributed by atoms with E-state index in [2.05, 4.69) is 5.32 Å². The monoisotopic (exact) mass is 468 g/mol. The molecular formula is C26H29FN2O5. The van der Waals surface area contributed by atoms with Gasteiger partial charge in [0.25, 0.3) is 0 Å². The predicted octanol–water partition coefficient (Wildman–Crippen LogP) is 3.78. The third-order valence-corrected chi connectivity index (χ3v) is 6.58. The minimum Gasteiger partial charge on any atom is -0.494 e. The van der Waals surface area contributed by atoms with Gasteiger partial charge in [-0.25, -0.2) is 9.29 Å². The number of carbonyl (C=O) groups excluding carboxylic acids is 3. The van der Waals surface area contributed by atoms with Crippen LogP contribution in [0.25, 0.3) is 0 Å². The molecule has 2 aromatic carbocycles. The standard InChI is InChI=1S/C26H29FN2O5/c1-4-15-26(25(32)34-6-3)21-20(22(28-26)18-9-7-8-10-19(18)27)23(30)29(24(21)31)16-11-13-17(14-12-16)33-5-2/h7-14,20-22,28H,4-6,15H2,1-3H3/t20-,21-,22-,26+/m1/s1. The van der Waals surface area contributed by atoms with E-state index < -0.39 is 47.0 Å². The first-order valence-corrected chi connectivity index (χ1v) is 11.7. The van der Waals surface area contributed by atoms with Crippen LogP contribution in [0.2, 0.25) is 0 Å². The number of fused-ring (bicyclic) bond motifs is 1. The minimum absolute atomic E-state index is 0.123. The fraction of sp³-hybridized carbons (Fsp3) is 0.423. The summed E-state index contributed by atoms with van der Waals surface area (Å²) in [4.78, 5) is 41.9. The molecule has 2 saturated heterocycles. The number of ether oxygens (including phenoxy) is 2. The zero-order valence-electron chi connectivity index (χ0n) is 19.5. The summed E-state index contributed by atoms with van der Waals surface area (Å²) >= 11 is 0. The lowest BCUT2D eigenvalue weighted by molar-refractivity contribution is -0.155. The first-order chi connectivity index (χ1) is 16.4. The van der Waals surface area contributed by atoms with Crippen molar-refractivity contribution in [1.82, 2.24) is 5.32 Å². The van der Waals surface area contributed by atoms with Crippen molar-refractivity contribution in [2.75, 3.05) is 18.1 Å². The Bertz CT molecular complexity index is 1090. The second kappa shape index (κ2) is 9.54. The highest BCUT2D eigenvalue weighted by Crippen LogP contribution is 2.52. The Kier molecular flexibility index (Phi) is 6.70. The molecule has 180 valence electrons. The molecule has 4 rings (SSSR count). The van der Waals surface area contributed by atoms with Crippen LogP contribution < -0.4 is 15.0 Å². The SMILES string of the molecule is CCC[C@]1(C(=O)OCC)N[C@H](c2ccccc2F)[C@@H]2C(=O)N(c3ccc(OCC)cc3)C(=O)[C@@H]21. The van der Waals surface area contributed by atoms with E-state index in [0.717, 1.165) is 4.90 Å². The van der Waals surface area contributed by atoms with Gasteiger partial charge in [0.2, 0.25) is 11.8 Å². The van der Waals surface area contributed by atoms with Crippen molar-refractivity contribution in [1.29, 1.82) is 0 Å². The van der Waals surface area contributed by atoms with E-state index in [9.17, 15) is 18.8 Å². The first kappa shape index (κ1) is 23.9. The van der Waals surface area contributed by atoms with Gasteiger partial charge in [-0.1, -0.05) is 31.5 Å². The van der Waals surface area contributed by atoms with Crippen LogP contribution in [-0.4, -0.2) is 36.5 Å². The fourth-order valence-electron chi connectivity index (χ4n) is 5.28. The lowest BCUT2D eigenvalue weighted by Gasteiger charge is -2.32. The number of benzene rings is 2. The maximum Gasteiger partial charge on any atom is 0.327 e. The predicted molar refractivity (Wildman–Crippen MR) is 124 cm³/mol. The quantitative estimate of drug-likeness (QED) is 0.469. The number of anilines is 1. The van der Waals surface area contributed by atoms with Crippen LogP contribution in [0.5, 0.6) is 5.75 Å². The molecule has 2 aliphatic heterocycles. The molecule has 0 spiro atoms. The van der Waals surface area contributed by atoms with Crippen molar-refractivity contribution in [2.24, 2.45) is 11.8 Å². The molecule has 1 N–H and O–H groups in total. The average Bonchev–Trinajstić information content (AvgIpc) is 3.30. The zero-order valence-corrected chi connectivity index (χ0v) is 19.5. The number of amides is 2. The number of esters is 1. The Morgan fingerprint density at radius 3 is 2.35 bits per heavy atom. The molecule has 34 heavy (non-hydrogen) atoms. The van der Waals surface area contributed by atoms with Gasteiger partial charge in [-0.15, -0.1) is 0 Å². The third kappa shape index (κ3) is 3.76. The van der Waals surface area contributed by atoms with E-state index in [1.165, 1.54) is 6.07 Å². The van der Waals surface area contributed by atoms with Gasteiger partial charge >= 0.3 is 5.97 Å². The maximum absolute atomic E-state index is 14.9. The van der Waals surface area contributed by atoms with Crippen molar-refractivity contribution in [3.63, 3.8) is 0 Å². The summed E-state index contributed by atoms with van der Waals surface area (Å²) in [5.41, 5.74) is -0.807. The fourth-order valence-corrected chi connectivity index (χ4v) is 5.28. The van der Waals surface area contributed by atoms with Crippen molar-refractivity contribution < 1.29 is 28.2 Å². The maximum atomic E-state index is 14.9. The Morgan fingerprint density at radius 1 is 1.03 bits per heavy atom. The van der Waals surface area contributed by atoms with Gasteiger partial charge in [-0.2, -0.15) is 0 Å². The van der Waals surface area contributed by atoms with E-state index in [0.29, 0.717) is 24.5 Å². The van der Waals surface area contributed by atoms with E-state index in [1.54, 1.807) is 49.4 Å². The second-order valence-corrected chi connectivity index (χ2v) is 8.53. The number of nitrogens with one attached hydrogen (secondary N) is 1. The molecule has 4 atom stereocenters. The highest BCUT2D eigenvalue weighted by Gasteiger charge is 2.68. The molecular weight excluding hydrogens is 439 g/mol. The number of rotatable bonds is 8. The molecule has 2 aromatic rings. The van der Waals surface area contributed by atoms with Gasteiger partial charge in [0.1, 0.15) is 17.1 Å². The summed E-state index contributed by atoms with van der Waals surface area (Å²) in [5.74, 6) is -3.42. The number of hydrogen-bond donors (Lipinski definition) is 1. The number of halogens is 1. The highest BCUT2D eigenvalue weighted by molar-refractivity contribution is 6.24. The summed E-state index contributed by atoms with van der Waals surface area (Å²) in [6, 6.07) is 11.9. The van der Waals surface area contributed by atoms with Crippen LogP contribution in [0, 0.1) is 17.7 Å². The smallest absolute Gasteiger partial charge is 0.327 e. The lowest BCUT2D eigenvalue weighted by atomic mass is 9.77.